The number of nitrogens with zero attached hydrogens (tertiary/aromatic N) is 1. The van der Waals surface area contributed by atoms with Crippen LogP contribution >= 0.6 is 0 Å². The van der Waals surface area contributed by atoms with Crippen molar-refractivity contribution in [1.82, 2.24) is 0 Å². The summed E-state index contributed by atoms with van der Waals surface area (Å²) < 4.78 is 4.53. The number of aliphatic hydroxyl groups is 2. The van der Waals surface area contributed by atoms with Gasteiger partial charge in [0.25, 0.3) is 6.29 Å². The molecular weight excluding hydrogens is 186 g/mol. The molecule has 5 heteroatoms. The van der Waals surface area contributed by atoms with Crippen LogP contribution in [0.2, 0.25) is 0 Å². The number of ether oxygens (including phenoxy) is 1. The van der Waals surface area contributed by atoms with Gasteiger partial charge in [0.1, 0.15) is 5.75 Å². The van der Waals surface area contributed by atoms with Gasteiger partial charge in [-0.05, 0) is 24.3 Å². The third-order valence-corrected chi connectivity index (χ3v) is 1.41. The lowest BCUT2D eigenvalue weighted by Crippen LogP contribution is -2.24. The van der Waals surface area contributed by atoms with Crippen LogP contribution in [-0.4, -0.2) is 22.5 Å². The Labute approximate surface area is 79.8 Å². The fraction of sp³-hybridized carbons (Fsp3) is 0.111. The first kappa shape index (κ1) is 10.2. The van der Waals surface area contributed by atoms with Crippen molar-refractivity contribution in [2.24, 2.45) is 0 Å². The van der Waals surface area contributed by atoms with E-state index in [1.807, 2.05) is 6.07 Å². The van der Waals surface area contributed by atoms with Crippen LogP contribution in [0.3, 0.4) is 0 Å². The zero-order chi connectivity index (χ0) is 10.6. The molecular formula is C9H7NO4. The normalized spacial score (nSPS) is 9.57. The van der Waals surface area contributed by atoms with Crippen molar-refractivity contribution in [2.45, 2.75) is 6.29 Å². The number of hydrogen-bond donors (Lipinski definition) is 2. The van der Waals surface area contributed by atoms with Crippen molar-refractivity contribution in [3.05, 3.63) is 29.8 Å². The quantitative estimate of drug-likeness (QED) is 0.384. The van der Waals surface area contributed by atoms with Crippen LogP contribution in [0.25, 0.3) is 0 Å². The highest BCUT2D eigenvalue weighted by Gasteiger charge is 2.12. The van der Waals surface area contributed by atoms with E-state index < -0.39 is 12.3 Å². The van der Waals surface area contributed by atoms with Gasteiger partial charge in [-0.25, -0.2) is 4.79 Å². The molecule has 2 N–H and O–H groups in total. The van der Waals surface area contributed by atoms with Gasteiger partial charge in [0.2, 0.25) is 0 Å². The highest BCUT2D eigenvalue weighted by atomic mass is 16.6. The molecule has 5 nitrogen and oxygen atoms in total. The summed E-state index contributed by atoms with van der Waals surface area (Å²) in [6, 6.07) is 7.57. The molecule has 0 fully saturated rings. The Morgan fingerprint density at radius 3 is 2.36 bits per heavy atom. The van der Waals surface area contributed by atoms with E-state index >= 15 is 0 Å². The van der Waals surface area contributed by atoms with Gasteiger partial charge in [-0.2, -0.15) is 5.26 Å². The lowest BCUT2D eigenvalue weighted by molar-refractivity contribution is -0.162. The average molecular weight is 193 g/mol. The molecule has 0 unspecified atom stereocenters. The Morgan fingerprint density at radius 1 is 1.36 bits per heavy atom. The third kappa shape index (κ3) is 2.55. The Kier molecular flexibility index (Phi) is 3.18. The molecule has 0 saturated carbocycles. The van der Waals surface area contributed by atoms with Crippen LogP contribution in [-0.2, 0) is 4.79 Å². The molecule has 0 aliphatic heterocycles. The lowest BCUT2D eigenvalue weighted by atomic mass is 10.2. The van der Waals surface area contributed by atoms with E-state index in [-0.39, 0.29) is 5.75 Å². The van der Waals surface area contributed by atoms with Gasteiger partial charge in [0.15, 0.2) is 0 Å². The maximum absolute atomic E-state index is 10.7. The van der Waals surface area contributed by atoms with Crippen LogP contribution in [0.1, 0.15) is 5.56 Å². The van der Waals surface area contributed by atoms with Crippen molar-refractivity contribution in [3.63, 3.8) is 0 Å². The first-order chi connectivity index (χ1) is 6.63. The molecule has 0 radical (unpaired) electrons. The van der Waals surface area contributed by atoms with Crippen LogP contribution in [0.5, 0.6) is 5.75 Å². The molecule has 1 aromatic carbocycles. The Bertz CT molecular complexity index is 363. The van der Waals surface area contributed by atoms with Crippen molar-refractivity contribution in [1.29, 1.82) is 5.26 Å². The molecule has 1 aromatic rings. The maximum atomic E-state index is 10.7. The Balaban J connectivity index is 2.70. The first-order valence-electron chi connectivity index (χ1n) is 3.71. The number of hydrogen-bond acceptors (Lipinski definition) is 5. The smallest absolute Gasteiger partial charge is 0.368 e. The lowest BCUT2D eigenvalue weighted by Gasteiger charge is -2.04. The second kappa shape index (κ2) is 4.37. The van der Waals surface area contributed by atoms with Gasteiger partial charge in [0.05, 0.1) is 11.6 Å². The first-order valence-corrected chi connectivity index (χ1v) is 3.71. The minimum atomic E-state index is -2.15. The van der Waals surface area contributed by atoms with Gasteiger partial charge < -0.3 is 14.9 Å². The Hall–Kier alpha value is -1.90. The van der Waals surface area contributed by atoms with E-state index in [9.17, 15) is 4.79 Å². The number of nitriles is 1. The molecule has 0 aliphatic carbocycles. The second-order valence-electron chi connectivity index (χ2n) is 2.43. The predicted molar refractivity (Wildman–Crippen MR) is 45.0 cm³/mol. The fourth-order valence-electron chi connectivity index (χ4n) is 0.766. The topological polar surface area (TPSA) is 90.5 Å². The number of carbonyl (C=O) groups excluding carboxylic acids is 1. The largest absolute Gasteiger partial charge is 0.423 e. The molecule has 0 amide bonds. The van der Waals surface area contributed by atoms with Gasteiger partial charge >= 0.3 is 5.97 Å². The summed E-state index contributed by atoms with van der Waals surface area (Å²) in [4.78, 5) is 10.7. The van der Waals surface area contributed by atoms with Crippen LogP contribution in [0.4, 0.5) is 0 Å². The summed E-state index contributed by atoms with van der Waals surface area (Å²) in [6.07, 6.45) is -2.15. The monoisotopic (exact) mass is 193 g/mol. The number of benzene rings is 1. The van der Waals surface area contributed by atoms with Crippen molar-refractivity contribution < 1.29 is 19.7 Å². The summed E-state index contributed by atoms with van der Waals surface area (Å²) in [7, 11) is 0. The summed E-state index contributed by atoms with van der Waals surface area (Å²) in [5, 5.41) is 25.3. The Morgan fingerprint density at radius 2 is 1.93 bits per heavy atom. The molecule has 0 spiro atoms. The predicted octanol–water partition coefficient (Wildman–Crippen LogP) is -0.226. The van der Waals surface area contributed by atoms with E-state index in [0.717, 1.165) is 0 Å². The standard InChI is InChI=1S/C9H7NO4/c10-5-6-1-3-7(4-2-6)14-9(13)8(11)12/h1-4,8,11-12H. The second-order valence-corrected chi connectivity index (χ2v) is 2.43. The molecule has 0 saturated heterocycles. The zero-order valence-electron chi connectivity index (χ0n) is 7.04. The van der Waals surface area contributed by atoms with Crippen molar-refractivity contribution in [2.75, 3.05) is 0 Å². The SMILES string of the molecule is N#Cc1ccc(OC(=O)C(O)O)cc1. The van der Waals surface area contributed by atoms with Gasteiger partial charge in [-0.3, -0.25) is 0 Å². The highest BCUT2D eigenvalue weighted by Crippen LogP contribution is 2.11. The van der Waals surface area contributed by atoms with E-state index in [1.165, 1.54) is 24.3 Å². The molecule has 1 rings (SSSR count). The molecule has 0 heterocycles. The maximum Gasteiger partial charge on any atom is 0.368 e. The number of aliphatic hydroxyl groups excluding tert-OH is 1. The van der Waals surface area contributed by atoms with E-state index in [4.69, 9.17) is 15.5 Å². The van der Waals surface area contributed by atoms with E-state index in [1.54, 1.807) is 0 Å². The number of carbonyl (C=O) groups is 1. The molecule has 14 heavy (non-hydrogen) atoms. The summed E-state index contributed by atoms with van der Waals surface area (Å²) in [5.74, 6) is -1.00. The van der Waals surface area contributed by atoms with Crippen molar-refractivity contribution >= 4 is 5.97 Å². The molecule has 0 aliphatic rings. The minimum absolute atomic E-state index is 0.155. The fourth-order valence-corrected chi connectivity index (χ4v) is 0.766. The van der Waals surface area contributed by atoms with Gasteiger partial charge in [-0.15, -0.1) is 0 Å². The molecule has 0 bridgehead atoms. The molecule has 0 atom stereocenters. The average Bonchev–Trinajstić information content (AvgIpc) is 2.19. The molecule has 72 valence electrons. The minimum Gasteiger partial charge on any atom is -0.423 e. The van der Waals surface area contributed by atoms with Crippen molar-refractivity contribution in [3.8, 4) is 11.8 Å². The van der Waals surface area contributed by atoms with Gasteiger partial charge in [0, 0.05) is 0 Å². The van der Waals surface area contributed by atoms with Crippen LogP contribution in [0.15, 0.2) is 24.3 Å². The summed E-state index contributed by atoms with van der Waals surface area (Å²) in [5.41, 5.74) is 0.425. The number of rotatable bonds is 2. The summed E-state index contributed by atoms with van der Waals surface area (Å²) in [6.45, 7) is 0. The highest BCUT2D eigenvalue weighted by molar-refractivity contribution is 5.75. The zero-order valence-corrected chi connectivity index (χ0v) is 7.04. The van der Waals surface area contributed by atoms with Gasteiger partial charge in [-0.1, -0.05) is 0 Å². The van der Waals surface area contributed by atoms with E-state index in [0.29, 0.717) is 5.56 Å². The third-order valence-electron chi connectivity index (χ3n) is 1.41. The van der Waals surface area contributed by atoms with E-state index in [2.05, 4.69) is 4.74 Å². The summed E-state index contributed by atoms with van der Waals surface area (Å²) >= 11 is 0. The van der Waals surface area contributed by atoms with Crippen LogP contribution in [0, 0.1) is 11.3 Å². The number of esters is 1. The van der Waals surface area contributed by atoms with Crippen LogP contribution < -0.4 is 4.74 Å². The molecule has 0 aromatic heterocycles.